The molecule has 0 spiro atoms. The minimum Gasteiger partial charge on any atom is -0.240 e. The molecule has 1 fully saturated rings. The van der Waals surface area contributed by atoms with Gasteiger partial charge in [-0.1, -0.05) is 53.5 Å². The van der Waals surface area contributed by atoms with Gasteiger partial charge < -0.3 is 0 Å². The first-order chi connectivity index (χ1) is 13.7. The van der Waals surface area contributed by atoms with E-state index in [4.69, 9.17) is 23.2 Å². The summed E-state index contributed by atoms with van der Waals surface area (Å²) in [4.78, 5) is 0. The second kappa shape index (κ2) is 7.43. The number of aromatic nitrogens is 2. The van der Waals surface area contributed by atoms with Crippen LogP contribution in [-0.2, 0) is 19.7 Å². The smallest absolute Gasteiger partial charge is 0.206 e. The maximum absolute atomic E-state index is 12.8. The Hall–Kier alpha value is -1.87. The Bertz CT molecular complexity index is 1230. The lowest BCUT2D eigenvalue weighted by molar-refractivity contribution is 0.565. The molecule has 0 bridgehead atoms. The average Bonchev–Trinajstić information content (AvgIpc) is 3.04. The Morgan fingerprint density at radius 1 is 0.897 bits per heavy atom. The SMILES string of the molecule is O=S1(=O)CCCS(=O)(=O)C1c1nn(-c2cc(Cl)cc(Cl)c2)cc1-c1ccccc1. The zero-order valence-electron chi connectivity index (χ0n) is 15.0. The van der Waals surface area contributed by atoms with Gasteiger partial charge in [-0.2, -0.15) is 5.10 Å². The van der Waals surface area contributed by atoms with Gasteiger partial charge >= 0.3 is 0 Å². The summed E-state index contributed by atoms with van der Waals surface area (Å²) in [5.41, 5.74) is 1.59. The van der Waals surface area contributed by atoms with Gasteiger partial charge in [0.05, 0.1) is 17.2 Å². The fourth-order valence-electron chi connectivity index (χ4n) is 3.44. The molecule has 10 heteroatoms. The van der Waals surface area contributed by atoms with Gasteiger partial charge in [-0.15, -0.1) is 0 Å². The van der Waals surface area contributed by atoms with Crippen molar-refractivity contribution >= 4 is 42.9 Å². The molecule has 1 aliphatic rings. The van der Waals surface area contributed by atoms with Crippen LogP contribution in [0.2, 0.25) is 10.0 Å². The highest BCUT2D eigenvalue weighted by Gasteiger charge is 2.45. The molecule has 0 amide bonds. The molecule has 152 valence electrons. The predicted molar refractivity (Wildman–Crippen MR) is 114 cm³/mol. The summed E-state index contributed by atoms with van der Waals surface area (Å²) in [6, 6.07) is 13.7. The lowest BCUT2D eigenvalue weighted by Crippen LogP contribution is -2.33. The molecule has 0 atom stereocenters. The van der Waals surface area contributed by atoms with E-state index in [-0.39, 0.29) is 23.6 Å². The first kappa shape index (κ1) is 20.4. The molecule has 1 aliphatic heterocycles. The third kappa shape index (κ3) is 3.94. The van der Waals surface area contributed by atoms with Gasteiger partial charge in [-0.25, -0.2) is 21.5 Å². The van der Waals surface area contributed by atoms with E-state index >= 15 is 0 Å². The Kier molecular flexibility index (Phi) is 5.23. The molecule has 0 saturated carbocycles. The van der Waals surface area contributed by atoms with Gasteiger partial charge in [-0.3, -0.25) is 0 Å². The van der Waals surface area contributed by atoms with Crippen LogP contribution in [0, 0.1) is 0 Å². The maximum atomic E-state index is 12.8. The van der Waals surface area contributed by atoms with Crippen molar-refractivity contribution in [2.24, 2.45) is 0 Å². The van der Waals surface area contributed by atoms with Gasteiger partial charge in [0.2, 0.25) is 4.58 Å². The molecule has 0 radical (unpaired) electrons. The fourth-order valence-corrected chi connectivity index (χ4v) is 9.06. The summed E-state index contributed by atoms with van der Waals surface area (Å²) in [7, 11) is -7.83. The van der Waals surface area contributed by atoms with Crippen molar-refractivity contribution in [1.82, 2.24) is 9.78 Å². The van der Waals surface area contributed by atoms with Crippen LogP contribution in [0.1, 0.15) is 16.7 Å². The molecule has 2 heterocycles. The number of benzene rings is 2. The van der Waals surface area contributed by atoms with Crippen LogP contribution >= 0.6 is 23.2 Å². The van der Waals surface area contributed by atoms with Crippen LogP contribution in [0.15, 0.2) is 54.7 Å². The molecule has 3 aromatic rings. The highest BCUT2D eigenvalue weighted by molar-refractivity contribution is 8.09. The molecule has 2 aromatic carbocycles. The van der Waals surface area contributed by atoms with Crippen molar-refractivity contribution in [3.63, 3.8) is 0 Å². The van der Waals surface area contributed by atoms with E-state index in [2.05, 4.69) is 5.10 Å². The van der Waals surface area contributed by atoms with E-state index in [1.54, 1.807) is 48.7 Å². The van der Waals surface area contributed by atoms with Crippen molar-refractivity contribution in [2.75, 3.05) is 11.5 Å². The summed E-state index contributed by atoms with van der Waals surface area (Å²) < 4.78 is 50.8. The maximum Gasteiger partial charge on any atom is 0.206 e. The Balaban J connectivity index is 1.99. The minimum absolute atomic E-state index is 0.00741. The number of hydrogen-bond donors (Lipinski definition) is 0. The molecule has 6 nitrogen and oxygen atoms in total. The average molecular weight is 471 g/mol. The molecule has 0 unspecified atom stereocenters. The minimum atomic E-state index is -3.92. The summed E-state index contributed by atoms with van der Waals surface area (Å²) in [6.45, 7) is 0. The monoisotopic (exact) mass is 470 g/mol. The van der Waals surface area contributed by atoms with Crippen molar-refractivity contribution in [2.45, 2.75) is 11.0 Å². The van der Waals surface area contributed by atoms with E-state index in [1.165, 1.54) is 4.68 Å². The normalized spacial score (nSPS) is 18.6. The number of halogens is 2. The van der Waals surface area contributed by atoms with Crippen molar-refractivity contribution in [1.29, 1.82) is 0 Å². The number of rotatable bonds is 3. The van der Waals surface area contributed by atoms with E-state index in [1.807, 2.05) is 6.07 Å². The highest BCUT2D eigenvalue weighted by Crippen LogP contribution is 2.39. The quantitative estimate of drug-likeness (QED) is 0.575. The molecule has 0 N–H and O–H groups in total. The second-order valence-corrected chi connectivity index (χ2v) is 12.4. The van der Waals surface area contributed by atoms with Crippen LogP contribution in [0.5, 0.6) is 0 Å². The summed E-state index contributed by atoms with van der Waals surface area (Å²) in [5.74, 6) is -0.387. The van der Waals surface area contributed by atoms with Crippen LogP contribution in [0.4, 0.5) is 0 Å². The summed E-state index contributed by atoms with van der Waals surface area (Å²) in [5, 5.41) is 5.15. The number of sulfone groups is 2. The predicted octanol–water partition coefficient (Wildman–Crippen LogP) is 4.08. The van der Waals surface area contributed by atoms with E-state index in [9.17, 15) is 16.8 Å². The van der Waals surface area contributed by atoms with Crippen LogP contribution in [-0.4, -0.2) is 38.1 Å². The highest BCUT2D eigenvalue weighted by atomic mass is 35.5. The van der Waals surface area contributed by atoms with Crippen LogP contribution in [0.3, 0.4) is 0 Å². The third-order valence-corrected chi connectivity index (χ3v) is 10.3. The molecule has 29 heavy (non-hydrogen) atoms. The Labute approximate surface area is 178 Å². The molecule has 1 saturated heterocycles. The van der Waals surface area contributed by atoms with Gasteiger partial charge in [0.15, 0.2) is 19.7 Å². The molecule has 0 aliphatic carbocycles. The molecule has 1 aromatic heterocycles. The lowest BCUT2D eigenvalue weighted by atomic mass is 10.1. The summed E-state index contributed by atoms with van der Waals surface area (Å²) in [6.07, 6.45) is 1.69. The molecule has 4 rings (SSSR count). The number of nitrogens with zero attached hydrogens (tertiary/aromatic N) is 2. The zero-order chi connectivity index (χ0) is 20.8. The largest absolute Gasteiger partial charge is 0.240 e. The van der Waals surface area contributed by atoms with Gasteiger partial charge in [0, 0.05) is 21.8 Å². The van der Waals surface area contributed by atoms with Crippen LogP contribution in [0.25, 0.3) is 16.8 Å². The van der Waals surface area contributed by atoms with Crippen molar-refractivity contribution in [3.8, 4) is 16.8 Å². The summed E-state index contributed by atoms with van der Waals surface area (Å²) >= 11 is 12.2. The van der Waals surface area contributed by atoms with Gasteiger partial charge in [0.25, 0.3) is 0 Å². The third-order valence-electron chi connectivity index (χ3n) is 4.67. The van der Waals surface area contributed by atoms with E-state index in [0.717, 1.165) is 0 Å². The Morgan fingerprint density at radius 3 is 2.07 bits per heavy atom. The van der Waals surface area contributed by atoms with Crippen molar-refractivity contribution < 1.29 is 16.8 Å². The first-order valence-corrected chi connectivity index (χ1v) is 12.9. The fraction of sp³-hybridized carbons (Fsp3) is 0.211. The van der Waals surface area contributed by atoms with E-state index < -0.39 is 24.3 Å². The Morgan fingerprint density at radius 2 is 1.48 bits per heavy atom. The standard InChI is InChI=1S/C19H16Cl2N2O4S2/c20-14-9-15(21)11-16(10-14)23-12-17(13-5-2-1-3-6-13)18(22-23)19-28(24,25)7-4-8-29(19,26)27/h1-3,5-6,9-12,19H,4,7-8H2. The van der Waals surface area contributed by atoms with Gasteiger partial charge in [-0.05, 0) is 30.2 Å². The van der Waals surface area contributed by atoms with Crippen molar-refractivity contribution in [3.05, 3.63) is 70.5 Å². The second-order valence-electron chi connectivity index (χ2n) is 6.79. The lowest BCUT2D eigenvalue weighted by Gasteiger charge is -2.22. The zero-order valence-corrected chi connectivity index (χ0v) is 18.1. The topological polar surface area (TPSA) is 86.1 Å². The van der Waals surface area contributed by atoms with Gasteiger partial charge in [0.1, 0.15) is 5.69 Å². The molecular weight excluding hydrogens is 455 g/mol. The number of hydrogen-bond acceptors (Lipinski definition) is 5. The molecular formula is C19H16Cl2N2O4S2. The first-order valence-electron chi connectivity index (χ1n) is 8.72. The van der Waals surface area contributed by atoms with Crippen LogP contribution < -0.4 is 0 Å². The van der Waals surface area contributed by atoms with E-state index in [0.29, 0.717) is 26.9 Å².